The van der Waals surface area contributed by atoms with Crippen LogP contribution in [0.1, 0.15) is 18.5 Å². The van der Waals surface area contributed by atoms with E-state index in [0.717, 1.165) is 11.3 Å². The number of hydrogen-bond acceptors (Lipinski definition) is 5. The number of benzene rings is 2. The van der Waals surface area contributed by atoms with Crippen molar-refractivity contribution < 1.29 is 14.3 Å². The van der Waals surface area contributed by atoms with E-state index >= 15 is 0 Å². The van der Waals surface area contributed by atoms with Crippen molar-refractivity contribution in [2.45, 2.75) is 13.0 Å². The Bertz CT molecular complexity index is 986. The molecule has 0 unspecified atom stereocenters. The number of methoxy groups -OCH3 is 2. The van der Waals surface area contributed by atoms with Crippen LogP contribution in [0.15, 0.2) is 53.7 Å². The van der Waals surface area contributed by atoms with Crippen molar-refractivity contribution in [1.29, 1.82) is 0 Å². The van der Waals surface area contributed by atoms with Crippen LogP contribution in [-0.4, -0.2) is 39.3 Å². The second-order valence-electron chi connectivity index (χ2n) is 7.08. The molecule has 0 radical (unpaired) electrons. The summed E-state index contributed by atoms with van der Waals surface area (Å²) in [4.78, 5) is 15.3. The fourth-order valence-electron chi connectivity index (χ4n) is 3.31. The molecule has 1 aliphatic rings. The van der Waals surface area contributed by atoms with Gasteiger partial charge in [0.25, 0.3) is 5.91 Å². The number of rotatable bonds is 6. The molecule has 3 rings (SSSR count). The maximum absolute atomic E-state index is 13.3. The molecule has 2 aromatic rings. The van der Waals surface area contributed by atoms with E-state index in [1.807, 2.05) is 50.2 Å². The van der Waals surface area contributed by atoms with Crippen LogP contribution in [0.3, 0.4) is 0 Å². The van der Waals surface area contributed by atoms with Gasteiger partial charge in [-0.3, -0.25) is 4.79 Å². The van der Waals surface area contributed by atoms with Crippen LogP contribution >= 0.6 is 12.2 Å². The zero-order valence-electron chi connectivity index (χ0n) is 17.7. The molecule has 0 saturated heterocycles. The van der Waals surface area contributed by atoms with Crippen molar-refractivity contribution in [3.63, 3.8) is 0 Å². The Kier molecular flexibility index (Phi) is 6.47. The van der Waals surface area contributed by atoms with Crippen molar-refractivity contribution in [3.8, 4) is 11.5 Å². The van der Waals surface area contributed by atoms with E-state index in [1.165, 1.54) is 0 Å². The molecule has 0 aliphatic carbocycles. The average molecular weight is 427 g/mol. The van der Waals surface area contributed by atoms with Gasteiger partial charge < -0.3 is 30.3 Å². The van der Waals surface area contributed by atoms with Gasteiger partial charge in [0.15, 0.2) is 5.11 Å². The third-order valence-electron chi connectivity index (χ3n) is 4.91. The molecule has 0 aromatic heterocycles. The van der Waals surface area contributed by atoms with E-state index in [9.17, 15) is 4.79 Å². The SMILES string of the molecule is COc1ccc(OC)c(NC(=O)C2=C(C)NC(=S)N[C@@H]2c2ccc(N(C)C)cc2)c1. The van der Waals surface area contributed by atoms with Crippen LogP contribution in [0.5, 0.6) is 11.5 Å². The Morgan fingerprint density at radius 1 is 1.10 bits per heavy atom. The minimum Gasteiger partial charge on any atom is -0.497 e. The number of nitrogens with zero attached hydrogens (tertiary/aromatic N) is 1. The Labute approximate surface area is 182 Å². The van der Waals surface area contributed by atoms with Gasteiger partial charge in [-0.2, -0.15) is 0 Å². The van der Waals surface area contributed by atoms with Crippen LogP contribution in [0.4, 0.5) is 11.4 Å². The van der Waals surface area contributed by atoms with Crippen LogP contribution in [-0.2, 0) is 4.79 Å². The first-order valence-electron chi connectivity index (χ1n) is 9.43. The lowest BCUT2D eigenvalue weighted by Gasteiger charge is -2.30. The van der Waals surface area contributed by atoms with Crippen molar-refractivity contribution >= 4 is 34.6 Å². The molecule has 7 nitrogen and oxygen atoms in total. The van der Waals surface area contributed by atoms with E-state index < -0.39 is 0 Å². The van der Waals surface area contributed by atoms with Gasteiger partial charge in [-0.05, 0) is 49.0 Å². The maximum Gasteiger partial charge on any atom is 0.255 e. The second kappa shape index (κ2) is 9.04. The van der Waals surface area contributed by atoms with Crippen LogP contribution < -0.4 is 30.3 Å². The summed E-state index contributed by atoms with van der Waals surface area (Å²) in [5, 5.41) is 9.69. The number of hydrogen-bond donors (Lipinski definition) is 3. The zero-order chi connectivity index (χ0) is 21.8. The van der Waals surface area contributed by atoms with Crippen molar-refractivity contribution in [2.75, 3.05) is 38.5 Å². The highest BCUT2D eigenvalue weighted by Gasteiger charge is 2.30. The number of anilines is 2. The van der Waals surface area contributed by atoms with Crippen LogP contribution in [0, 0.1) is 0 Å². The molecule has 8 heteroatoms. The van der Waals surface area contributed by atoms with Gasteiger partial charge in [-0.1, -0.05) is 12.1 Å². The minimum atomic E-state index is -0.383. The highest BCUT2D eigenvalue weighted by molar-refractivity contribution is 7.80. The Balaban J connectivity index is 1.95. The monoisotopic (exact) mass is 426 g/mol. The van der Waals surface area contributed by atoms with Crippen molar-refractivity contribution in [2.24, 2.45) is 0 Å². The van der Waals surface area contributed by atoms with Crippen LogP contribution in [0.2, 0.25) is 0 Å². The summed E-state index contributed by atoms with van der Waals surface area (Å²) >= 11 is 5.34. The lowest BCUT2D eigenvalue weighted by molar-refractivity contribution is -0.113. The highest BCUT2D eigenvalue weighted by Crippen LogP contribution is 2.32. The molecular formula is C22H26N4O3S. The lowest BCUT2D eigenvalue weighted by Crippen LogP contribution is -2.45. The highest BCUT2D eigenvalue weighted by atomic mass is 32.1. The minimum absolute atomic E-state index is 0.261. The summed E-state index contributed by atoms with van der Waals surface area (Å²) in [5.41, 5.74) is 3.78. The number of allylic oxidation sites excluding steroid dienone is 1. The number of nitrogens with one attached hydrogen (secondary N) is 3. The quantitative estimate of drug-likeness (QED) is 0.613. The van der Waals surface area contributed by atoms with Gasteiger partial charge in [0.2, 0.25) is 0 Å². The largest absolute Gasteiger partial charge is 0.497 e. The van der Waals surface area contributed by atoms with E-state index in [2.05, 4.69) is 16.0 Å². The third-order valence-corrected chi connectivity index (χ3v) is 5.13. The van der Waals surface area contributed by atoms with Gasteiger partial charge in [-0.25, -0.2) is 0 Å². The fraction of sp³-hybridized carbons (Fsp3) is 0.273. The number of carbonyl (C=O) groups is 1. The number of ether oxygens (including phenoxy) is 2. The Morgan fingerprint density at radius 2 is 1.80 bits per heavy atom. The summed E-state index contributed by atoms with van der Waals surface area (Å²) < 4.78 is 10.7. The summed E-state index contributed by atoms with van der Waals surface area (Å²) in [5.74, 6) is 0.901. The van der Waals surface area contributed by atoms with Crippen LogP contribution in [0.25, 0.3) is 0 Å². The normalized spacial score (nSPS) is 15.8. The van der Waals surface area contributed by atoms with Crippen molar-refractivity contribution in [1.82, 2.24) is 10.6 Å². The first kappa shape index (κ1) is 21.4. The Hall–Kier alpha value is -3.26. The summed E-state index contributed by atoms with van der Waals surface area (Å²) in [6.45, 7) is 1.84. The molecule has 3 N–H and O–H groups in total. The lowest BCUT2D eigenvalue weighted by atomic mass is 9.94. The molecule has 0 saturated carbocycles. The fourth-order valence-corrected chi connectivity index (χ4v) is 3.58. The van der Waals surface area contributed by atoms with Crippen molar-refractivity contribution in [3.05, 3.63) is 59.3 Å². The smallest absolute Gasteiger partial charge is 0.255 e. The van der Waals surface area contributed by atoms with E-state index in [0.29, 0.717) is 33.6 Å². The van der Waals surface area contributed by atoms with Gasteiger partial charge >= 0.3 is 0 Å². The van der Waals surface area contributed by atoms with Gasteiger partial charge in [0.1, 0.15) is 11.5 Å². The van der Waals surface area contributed by atoms with Gasteiger partial charge in [0, 0.05) is 31.5 Å². The first-order chi connectivity index (χ1) is 14.3. The molecule has 1 atom stereocenters. The predicted octanol–water partition coefficient (Wildman–Crippen LogP) is 3.20. The van der Waals surface area contributed by atoms with E-state index in [1.54, 1.807) is 32.4 Å². The van der Waals surface area contributed by atoms with E-state index in [-0.39, 0.29) is 11.9 Å². The van der Waals surface area contributed by atoms with E-state index in [4.69, 9.17) is 21.7 Å². The number of amides is 1. The number of carbonyl (C=O) groups excluding carboxylic acids is 1. The molecule has 1 amide bonds. The van der Waals surface area contributed by atoms with Gasteiger partial charge in [0.05, 0.1) is 31.5 Å². The molecule has 2 aromatic carbocycles. The molecule has 0 fully saturated rings. The molecule has 30 heavy (non-hydrogen) atoms. The Morgan fingerprint density at radius 3 is 2.40 bits per heavy atom. The summed E-state index contributed by atoms with van der Waals surface area (Å²) in [7, 11) is 7.09. The predicted molar refractivity (Wildman–Crippen MR) is 123 cm³/mol. The molecular weight excluding hydrogens is 400 g/mol. The summed E-state index contributed by atoms with van der Waals surface area (Å²) in [6, 6.07) is 12.9. The standard InChI is InChI=1S/C22H26N4O3S/c1-13-19(21(27)24-17-12-16(28-4)10-11-18(17)29-5)20(25-22(30)23-13)14-6-8-15(9-7-14)26(2)3/h6-12,20H,1-5H3,(H,24,27)(H2,23,25,30)/t20-/m1/s1. The average Bonchev–Trinajstić information content (AvgIpc) is 2.73. The third kappa shape index (κ3) is 4.49. The number of thiocarbonyl (C=S) groups is 1. The molecule has 0 bridgehead atoms. The topological polar surface area (TPSA) is 74.9 Å². The summed E-state index contributed by atoms with van der Waals surface area (Å²) in [6.07, 6.45) is 0. The molecule has 1 heterocycles. The molecule has 158 valence electrons. The second-order valence-corrected chi connectivity index (χ2v) is 7.48. The molecule has 0 spiro atoms. The van der Waals surface area contributed by atoms with Gasteiger partial charge in [-0.15, -0.1) is 0 Å². The first-order valence-corrected chi connectivity index (χ1v) is 9.83. The maximum atomic E-state index is 13.3. The zero-order valence-corrected chi connectivity index (χ0v) is 18.5. The molecule has 1 aliphatic heterocycles.